The lowest BCUT2D eigenvalue weighted by atomic mass is 10.1. The number of benzene rings is 1. The van der Waals surface area contributed by atoms with E-state index in [1.165, 1.54) is 23.3 Å². The van der Waals surface area contributed by atoms with Crippen LogP contribution < -0.4 is 5.32 Å². The molecule has 10 heteroatoms. The number of furan rings is 1. The summed E-state index contributed by atoms with van der Waals surface area (Å²) in [6.45, 7) is 0.0481. The molecule has 0 aliphatic carbocycles. The highest BCUT2D eigenvalue weighted by atomic mass is 32.2. The molecule has 2 amide bonds. The molecule has 2 aromatic rings. The van der Waals surface area contributed by atoms with E-state index in [0.717, 1.165) is 17.8 Å². The molecule has 1 aromatic heterocycles. The molecule has 3 N–H and O–H groups in total. The zero-order valence-electron chi connectivity index (χ0n) is 14.2. The van der Waals surface area contributed by atoms with Crippen LogP contribution in [0.1, 0.15) is 22.5 Å². The van der Waals surface area contributed by atoms with Gasteiger partial charge in [-0.05, 0) is 30.3 Å². The fraction of sp³-hybridized carbons (Fsp3) is 0.111. The molecule has 1 aliphatic heterocycles. The van der Waals surface area contributed by atoms with E-state index in [9.17, 15) is 19.5 Å². The van der Waals surface area contributed by atoms with Gasteiger partial charge in [0.25, 0.3) is 5.91 Å². The van der Waals surface area contributed by atoms with Crippen LogP contribution in [0.4, 0.5) is 5.69 Å². The van der Waals surface area contributed by atoms with Crippen LogP contribution in [0, 0.1) is 0 Å². The Bertz CT molecular complexity index is 984. The molecular weight excluding hydrogens is 404 g/mol. The van der Waals surface area contributed by atoms with Crippen molar-refractivity contribution in [1.82, 2.24) is 4.90 Å². The second-order valence-corrected chi connectivity index (χ2v) is 7.36. The average molecular weight is 418 g/mol. The molecule has 1 fully saturated rings. The largest absolute Gasteiger partial charge is 0.508 e. The van der Waals surface area contributed by atoms with E-state index in [1.54, 1.807) is 18.2 Å². The van der Waals surface area contributed by atoms with Gasteiger partial charge in [0, 0.05) is 19.0 Å². The molecule has 3 rings (SSSR count). The minimum absolute atomic E-state index is 0.0481. The SMILES string of the molecule is O=C(CCN1C(=O)C(=Cc2ccco2)SC1=S)Nc1ccc(O)cc1C(=O)O. The highest BCUT2D eigenvalue weighted by Gasteiger charge is 2.32. The number of nitrogens with zero attached hydrogens (tertiary/aromatic N) is 1. The lowest BCUT2D eigenvalue weighted by Gasteiger charge is -2.14. The predicted octanol–water partition coefficient (Wildman–Crippen LogP) is 2.91. The Labute approximate surface area is 168 Å². The maximum Gasteiger partial charge on any atom is 0.337 e. The predicted molar refractivity (Wildman–Crippen MR) is 107 cm³/mol. The number of thioether (sulfide) groups is 1. The third-order valence-corrected chi connectivity index (χ3v) is 5.14. The van der Waals surface area contributed by atoms with Crippen molar-refractivity contribution in [3.63, 3.8) is 0 Å². The van der Waals surface area contributed by atoms with Crippen LogP contribution >= 0.6 is 24.0 Å². The van der Waals surface area contributed by atoms with Crippen LogP contribution in [0.15, 0.2) is 45.9 Å². The Balaban J connectivity index is 1.63. The summed E-state index contributed by atoms with van der Waals surface area (Å²) in [5.74, 6) is -1.80. The van der Waals surface area contributed by atoms with E-state index in [2.05, 4.69) is 5.32 Å². The number of phenolic OH excluding ortho intramolecular Hbond substituents is 1. The van der Waals surface area contributed by atoms with Crippen molar-refractivity contribution in [3.8, 4) is 5.75 Å². The normalized spacial score (nSPS) is 15.3. The van der Waals surface area contributed by atoms with Gasteiger partial charge >= 0.3 is 5.97 Å². The first kappa shape index (κ1) is 19.6. The molecule has 0 bridgehead atoms. The van der Waals surface area contributed by atoms with Crippen LogP contribution in [0.3, 0.4) is 0 Å². The average Bonchev–Trinajstić information content (AvgIpc) is 3.24. The van der Waals surface area contributed by atoms with Crippen molar-refractivity contribution < 1.29 is 29.0 Å². The van der Waals surface area contributed by atoms with E-state index >= 15 is 0 Å². The van der Waals surface area contributed by atoms with Crippen LogP contribution in [0.25, 0.3) is 6.08 Å². The number of thiocarbonyl (C=S) groups is 1. The van der Waals surface area contributed by atoms with Crippen LogP contribution in [-0.2, 0) is 9.59 Å². The van der Waals surface area contributed by atoms with Gasteiger partial charge in [-0.15, -0.1) is 0 Å². The van der Waals surface area contributed by atoms with E-state index in [0.29, 0.717) is 15.0 Å². The first-order chi connectivity index (χ1) is 13.3. The van der Waals surface area contributed by atoms with Crippen LogP contribution in [0.5, 0.6) is 5.75 Å². The molecule has 1 aliphatic rings. The first-order valence-corrected chi connectivity index (χ1v) is 9.22. The molecule has 2 heterocycles. The van der Waals surface area contributed by atoms with Gasteiger partial charge < -0.3 is 19.9 Å². The third kappa shape index (κ3) is 4.41. The highest BCUT2D eigenvalue weighted by Crippen LogP contribution is 2.32. The first-order valence-electron chi connectivity index (χ1n) is 8.00. The lowest BCUT2D eigenvalue weighted by Crippen LogP contribution is -2.31. The van der Waals surface area contributed by atoms with Gasteiger partial charge in [-0.25, -0.2) is 4.79 Å². The third-order valence-electron chi connectivity index (χ3n) is 3.76. The Kier molecular flexibility index (Phi) is 5.81. The summed E-state index contributed by atoms with van der Waals surface area (Å²) in [4.78, 5) is 37.6. The number of carbonyl (C=O) groups is 3. The van der Waals surface area contributed by atoms with Crippen molar-refractivity contribution >= 4 is 57.8 Å². The van der Waals surface area contributed by atoms with Gasteiger partial charge in [0.15, 0.2) is 0 Å². The monoisotopic (exact) mass is 418 g/mol. The van der Waals surface area contributed by atoms with Gasteiger partial charge in [0.05, 0.1) is 22.4 Å². The molecule has 28 heavy (non-hydrogen) atoms. The van der Waals surface area contributed by atoms with Crippen molar-refractivity contribution in [1.29, 1.82) is 0 Å². The summed E-state index contributed by atoms with van der Waals surface area (Å²) in [5, 5.41) is 21.0. The number of hydrogen-bond acceptors (Lipinski definition) is 7. The van der Waals surface area contributed by atoms with E-state index in [4.69, 9.17) is 21.7 Å². The number of hydrogen-bond donors (Lipinski definition) is 3. The minimum Gasteiger partial charge on any atom is -0.508 e. The van der Waals surface area contributed by atoms with Gasteiger partial charge in [0.2, 0.25) is 5.91 Å². The number of aromatic hydroxyl groups is 1. The summed E-state index contributed by atoms with van der Waals surface area (Å²) >= 11 is 6.32. The number of carboxylic acids is 1. The van der Waals surface area contributed by atoms with Crippen molar-refractivity contribution in [3.05, 3.63) is 52.8 Å². The summed E-state index contributed by atoms with van der Waals surface area (Å²) in [6, 6.07) is 7.01. The standard InChI is InChI=1S/C18H14N2O6S2/c21-10-3-4-13(12(8-10)17(24)25)19-15(22)5-6-20-16(23)14(28-18(20)27)9-11-2-1-7-26-11/h1-4,7-9,21H,5-6H2,(H,19,22)(H,24,25). The highest BCUT2D eigenvalue weighted by molar-refractivity contribution is 8.26. The van der Waals surface area contributed by atoms with Gasteiger partial charge in [-0.2, -0.15) is 0 Å². The molecule has 1 aromatic carbocycles. The molecule has 1 saturated heterocycles. The number of anilines is 1. The molecule has 0 spiro atoms. The van der Waals surface area contributed by atoms with E-state index in [-0.39, 0.29) is 35.9 Å². The number of rotatable bonds is 6. The zero-order valence-corrected chi connectivity index (χ0v) is 15.9. The second kappa shape index (κ2) is 8.28. The number of phenols is 1. The Morgan fingerprint density at radius 1 is 1.32 bits per heavy atom. The summed E-state index contributed by atoms with van der Waals surface area (Å²) in [5.41, 5.74) is -0.182. The minimum atomic E-state index is -1.29. The second-order valence-electron chi connectivity index (χ2n) is 5.68. The number of amides is 2. The van der Waals surface area contributed by atoms with Crippen LogP contribution in [-0.4, -0.2) is 43.8 Å². The maximum absolute atomic E-state index is 12.5. The van der Waals surface area contributed by atoms with Crippen LogP contribution in [0.2, 0.25) is 0 Å². The maximum atomic E-state index is 12.5. The molecule has 0 atom stereocenters. The molecule has 144 valence electrons. The Morgan fingerprint density at radius 2 is 2.11 bits per heavy atom. The van der Waals surface area contributed by atoms with Gasteiger partial charge in [-0.3, -0.25) is 14.5 Å². The Morgan fingerprint density at radius 3 is 2.79 bits per heavy atom. The molecule has 0 saturated carbocycles. The topological polar surface area (TPSA) is 120 Å². The van der Waals surface area contributed by atoms with Crippen molar-refractivity contribution in [2.24, 2.45) is 0 Å². The fourth-order valence-electron chi connectivity index (χ4n) is 2.44. The summed E-state index contributed by atoms with van der Waals surface area (Å²) in [6.07, 6.45) is 2.99. The summed E-state index contributed by atoms with van der Waals surface area (Å²) in [7, 11) is 0. The van der Waals surface area contributed by atoms with Gasteiger partial charge in [0.1, 0.15) is 15.8 Å². The Hall–Kier alpha value is -3.11. The smallest absolute Gasteiger partial charge is 0.337 e. The molecular formula is C18H14N2O6S2. The van der Waals surface area contributed by atoms with Crippen molar-refractivity contribution in [2.75, 3.05) is 11.9 Å². The number of nitrogens with one attached hydrogen (secondary N) is 1. The van der Waals surface area contributed by atoms with Crippen molar-refractivity contribution in [2.45, 2.75) is 6.42 Å². The van der Waals surface area contributed by atoms with Gasteiger partial charge in [-0.1, -0.05) is 24.0 Å². The summed E-state index contributed by atoms with van der Waals surface area (Å²) < 4.78 is 5.51. The quantitative estimate of drug-likeness (QED) is 0.372. The zero-order chi connectivity index (χ0) is 20.3. The molecule has 0 unspecified atom stereocenters. The lowest BCUT2D eigenvalue weighted by molar-refractivity contribution is -0.122. The van der Waals surface area contributed by atoms with E-state index in [1.807, 2.05) is 0 Å². The number of carboxylic acid groups (broad SMARTS) is 1. The van der Waals surface area contributed by atoms with E-state index < -0.39 is 11.9 Å². The fourth-order valence-corrected chi connectivity index (χ4v) is 3.73. The molecule has 8 nitrogen and oxygen atoms in total. The number of aromatic carboxylic acids is 1. The number of carbonyl (C=O) groups excluding carboxylic acids is 2. The molecule has 0 radical (unpaired) electrons.